The van der Waals surface area contributed by atoms with Crippen LogP contribution < -0.4 is 5.73 Å². The topological polar surface area (TPSA) is 89.9 Å². The van der Waals surface area contributed by atoms with Crippen molar-refractivity contribution in [1.29, 1.82) is 0 Å². The Hall–Kier alpha value is -3.66. The zero-order chi connectivity index (χ0) is 24.3. The maximum absolute atomic E-state index is 13.8. The quantitative estimate of drug-likeness (QED) is 0.375. The summed E-state index contributed by atoms with van der Waals surface area (Å²) in [5.74, 6) is -0.575. The molecule has 0 aliphatic carbocycles. The molecule has 7 nitrogen and oxygen atoms in total. The van der Waals surface area contributed by atoms with Gasteiger partial charge in [-0.1, -0.05) is 6.07 Å². The van der Waals surface area contributed by atoms with Gasteiger partial charge < -0.3 is 10.6 Å². The van der Waals surface area contributed by atoms with Crippen molar-refractivity contribution in [3.8, 4) is 0 Å². The highest BCUT2D eigenvalue weighted by molar-refractivity contribution is 7.16. The molecule has 5 aromatic rings. The van der Waals surface area contributed by atoms with Gasteiger partial charge in [-0.15, -0.1) is 11.3 Å². The molecule has 1 aliphatic heterocycles. The van der Waals surface area contributed by atoms with E-state index in [9.17, 15) is 13.6 Å². The Morgan fingerprint density at radius 3 is 2.86 bits per heavy atom. The highest BCUT2D eigenvalue weighted by atomic mass is 32.1. The number of benzene rings is 2. The van der Waals surface area contributed by atoms with Crippen molar-refractivity contribution >= 4 is 55.1 Å². The van der Waals surface area contributed by atoms with Crippen molar-refractivity contribution in [1.82, 2.24) is 24.6 Å². The summed E-state index contributed by atoms with van der Waals surface area (Å²) in [5, 5.41) is 5.78. The molecule has 2 aromatic carbocycles. The highest BCUT2D eigenvalue weighted by Gasteiger charge is 2.37. The van der Waals surface area contributed by atoms with Gasteiger partial charge in [0.05, 0.1) is 44.4 Å². The third-order valence-corrected chi connectivity index (χ3v) is 7.76. The van der Waals surface area contributed by atoms with Gasteiger partial charge in [-0.3, -0.25) is 9.48 Å². The molecule has 0 saturated carbocycles. The van der Waals surface area contributed by atoms with E-state index >= 15 is 0 Å². The molecule has 1 fully saturated rings. The fourth-order valence-corrected chi connectivity index (χ4v) is 5.78. The molecule has 0 spiro atoms. The van der Waals surface area contributed by atoms with Crippen molar-refractivity contribution in [2.75, 3.05) is 12.3 Å². The Bertz CT molecular complexity index is 1600. The first kappa shape index (κ1) is 21.8. The largest absolute Gasteiger partial charge is 0.383 e. The van der Waals surface area contributed by atoms with Gasteiger partial charge in [0.1, 0.15) is 5.82 Å². The standard InChI is InChI=1S/C25H22F2N6OS/c1-32-22-16-8-15(2-4-18(16)31-24(28)17(22)11-30-32)25(34)33-7-6-14(23(26)27)10-20(33)13-3-5-21-19(9-13)29-12-35-21/h2-5,8-9,11-12,14,20,23H,6-7,10H2,1H3,(H2,28,31). The first-order chi connectivity index (χ1) is 16.9. The lowest BCUT2D eigenvalue weighted by atomic mass is 9.86. The van der Waals surface area contributed by atoms with E-state index in [4.69, 9.17) is 5.73 Å². The summed E-state index contributed by atoms with van der Waals surface area (Å²) in [6.07, 6.45) is -0.299. The van der Waals surface area contributed by atoms with E-state index in [1.54, 1.807) is 39.5 Å². The number of carbonyl (C=O) groups is 1. The molecular weight excluding hydrogens is 470 g/mol. The zero-order valence-corrected chi connectivity index (χ0v) is 19.7. The van der Waals surface area contributed by atoms with Gasteiger partial charge in [-0.2, -0.15) is 5.10 Å². The first-order valence-electron chi connectivity index (χ1n) is 11.3. The number of anilines is 1. The van der Waals surface area contributed by atoms with Crippen LogP contribution in [-0.2, 0) is 7.05 Å². The van der Waals surface area contributed by atoms with Crippen molar-refractivity contribution in [3.63, 3.8) is 0 Å². The number of aryl methyl sites for hydroxylation is 1. The molecule has 178 valence electrons. The van der Waals surface area contributed by atoms with E-state index in [-0.39, 0.29) is 25.3 Å². The number of aromatic nitrogens is 4. The zero-order valence-electron chi connectivity index (χ0n) is 18.9. The molecule has 0 bridgehead atoms. The van der Waals surface area contributed by atoms with Crippen LogP contribution >= 0.6 is 11.3 Å². The maximum atomic E-state index is 13.8. The smallest absolute Gasteiger partial charge is 0.254 e. The monoisotopic (exact) mass is 492 g/mol. The van der Waals surface area contributed by atoms with E-state index in [0.717, 1.165) is 32.1 Å². The lowest BCUT2D eigenvalue weighted by molar-refractivity contribution is 0.0107. The van der Waals surface area contributed by atoms with Gasteiger partial charge in [-0.25, -0.2) is 18.7 Å². The number of thiazole rings is 1. The second-order valence-corrected chi connectivity index (χ2v) is 9.86. The average molecular weight is 493 g/mol. The molecule has 10 heteroatoms. The first-order valence-corrected chi connectivity index (χ1v) is 12.2. The van der Waals surface area contributed by atoms with Crippen molar-refractivity contribution in [2.45, 2.75) is 25.3 Å². The number of amides is 1. The average Bonchev–Trinajstić information content (AvgIpc) is 3.49. The normalized spacial score (nSPS) is 18.8. The number of likely N-dealkylation sites (tertiary alicyclic amines) is 1. The van der Waals surface area contributed by atoms with Crippen LogP contribution in [0.5, 0.6) is 0 Å². The number of rotatable bonds is 3. The summed E-state index contributed by atoms with van der Waals surface area (Å²) in [6.45, 7) is 0.257. The second kappa shape index (κ2) is 8.23. The van der Waals surface area contributed by atoms with Gasteiger partial charge in [0, 0.05) is 30.5 Å². The van der Waals surface area contributed by atoms with E-state index in [1.165, 1.54) is 11.3 Å². The number of hydrogen-bond donors (Lipinski definition) is 1. The predicted molar refractivity (Wildman–Crippen MR) is 133 cm³/mol. The van der Waals surface area contributed by atoms with E-state index in [2.05, 4.69) is 15.1 Å². The number of hydrogen-bond acceptors (Lipinski definition) is 6. The molecule has 2 atom stereocenters. The molecule has 2 unspecified atom stereocenters. The van der Waals surface area contributed by atoms with Gasteiger partial charge >= 0.3 is 0 Å². The van der Waals surface area contributed by atoms with Crippen LogP contribution in [0, 0.1) is 5.92 Å². The Labute approximate surface area is 203 Å². The molecule has 6 rings (SSSR count). The number of nitrogens with zero attached hydrogens (tertiary/aromatic N) is 5. The summed E-state index contributed by atoms with van der Waals surface area (Å²) in [5.41, 5.74) is 11.4. The van der Waals surface area contributed by atoms with Crippen LogP contribution in [-0.4, -0.2) is 43.5 Å². The summed E-state index contributed by atoms with van der Waals surface area (Å²) in [4.78, 5) is 24.3. The number of piperidine rings is 1. The van der Waals surface area contributed by atoms with E-state index < -0.39 is 18.4 Å². The number of alkyl halides is 2. The summed E-state index contributed by atoms with van der Waals surface area (Å²) >= 11 is 1.52. The summed E-state index contributed by atoms with van der Waals surface area (Å²) < 4.78 is 30.1. The lowest BCUT2D eigenvalue weighted by Crippen LogP contribution is -2.42. The molecule has 3 aromatic heterocycles. The molecule has 35 heavy (non-hydrogen) atoms. The van der Waals surface area contributed by atoms with Crippen LogP contribution in [0.3, 0.4) is 0 Å². The Morgan fingerprint density at radius 2 is 2.03 bits per heavy atom. The minimum absolute atomic E-state index is 0.199. The molecule has 0 radical (unpaired) electrons. The minimum atomic E-state index is -2.42. The molecule has 1 saturated heterocycles. The SMILES string of the molecule is Cn1ncc2c(N)nc3ccc(C(=O)N4CCC(C(F)F)CC4c4ccc5scnc5c4)cc3c21. The number of fused-ring (bicyclic) bond motifs is 4. The fourth-order valence-electron chi connectivity index (χ4n) is 5.12. The van der Waals surface area contributed by atoms with Gasteiger partial charge in [0.25, 0.3) is 5.91 Å². The van der Waals surface area contributed by atoms with Gasteiger partial charge in [-0.05, 0) is 48.7 Å². The Kier molecular flexibility index (Phi) is 5.14. The van der Waals surface area contributed by atoms with E-state index in [1.807, 2.05) is 25.2 Å². The van der Waals surface area contributed by atoms with Crippen molar-refractivity contribution in [3.05, 3.63) is 59.2 Å². The molecule has 1 amide bonds. The van der Waals surface area contributed by atoms with Gasteiger partial charge in [0.2, 0.25) is 6.43 Å². The van der Waals surface area contributed by atoms with Crippen molar-refractivity contribution in [2.24, 2.45) is 13.0 Å². The van der Waals surface area contributed by atoms with Crippen LogP contribution in [0.15, 0.2) is 48.1 Å². The number of pyridine rings is 1. The van der Waals surface area contributed by atoms with Gasteiger partial charge in [0.15, 0.2) is 0 Å². The van der Waals surface area contributed by atoms with Crippen molar-refractivity contribution < 1.29 is 13.6 Å². The Balaban J connectivity index is 1.43. The lowest BCUT2D eigenvalue weighted by Gasteiger charge is -2.39. The minimum Gasteiger partial charge on any atom is -0.383 e. The number of carbonyl (C=O) groups excluding carboxylic acids is 1. The second-order valence-electron chi connectivity index (χ2n) is 8.97. The molecule has 2 N–H and O–H groups in total. The third-order valence-electron chi connectivity index (χ3n) is 6.95. The maximum Gasteiger partial charge on any atom is 0.254 e. The third kappa shape index (κ3) is 3.59. The highest BCUT2D eigenvalue weighted by Crippen LogP contribution is 2.39. The predicted octanol–water partition coefficient (Wildman–Crippen LogP) is 5.17. The summed E-state index contributed by atoms with van der Waals surface area (Å²) in [7, 11) is 1.81. The van der Waals surface area contributed by atoms with Crippen LogP contribution in [0.4, 0.5) is 14.6 Å². The Morgan fingerprint density at radius 1 is 1.17 bits per heavy atom. The molecule has 1 aliphatic rings. The fraction of sp³-hybridized carbons (Fsp3) is 0.280. The van der Waals surface area contributed by atoms with Crippen LogP contribution in [0.2, 0.25) is 0 Å². The number of nitrogens with two attached hydrogens (primary N) is 1. The summed E-state index contributed by atoms with van der Waals surface area (Å²) in [6, 6.07) is 10.6. The molecular formula is C25H22F2N6OS. The van der Waals surface area contributed by atoms with E-state index in [0.29, 0.717) is 16.9 Å². The number of halogens is 2. The molecule has 4 heterocycles. The number of nitrogen functional groups attached to an aromatic ring is 1. The van der Waals surface area contributed by atoms with Crippen LogP contribution in [0.1, 0.15) is 34.8 Å². The van der Waals surface area contributed by atoms with Crippen LogP contribution in [0.25, 0.3) is 32.0 Å².